The van der Waals surface area contributed by atoms with E-state index >= 15 is 0 Å². The van der Waals surface area contributed by atoms with Gasteiger partial charge in [0.15, 0.2) is 5.69 Å². The van der Waals surface area contributed by atoms with Crippen LogP contribution >= 0.6 is 0 Å². The van der Waals surface area contributed by atoms with Crippen LogP contribution in [0.3, 0.4) is 0 Å². The Kier molecular flexibility index (Phi) is 5.94. The number of anilines is 1. The molecule has 1 N–H and O–H groups in total. The molecule has 32 heavy (non-hydrogen) atoms. The highest BCUT2D eigenvalue weighted by molar-refractivity contribution is 6.18. The van der Waals surface area contributed by atoms with E-state index in [-0.39, 0.29) is 23.6 Å². The minimum Gasteiger partial charge on any atom is -0.324 e. The molecule has 0 saturated carbocycles. The van der Waals surface area contributed by atoms with Gasteiger partial charge in [-0.05, 0) is 18.2 Å². The predicted octanol–water partition coefficient (Wildman–Crippen LogP) is 3.52. The van der Waals surface area contributed by atoms with Crippen molar-refractivity contribution in [3.05, 3.63) is 113 Å². The first-order valence-corrected chi connectivity index (χ1v) is 9.71. The molecule has 7 nitrogen and oxygen atoms in total. The van der Waals surface area contributed by atoms with E-state index < -0.39 is 23.3 Å². The smallest absolute Gasteiger partial charge is 0.246 e. The number of carbonyl (C=O) groups is 3. The van der Waals surface area contributed by atoms with Crippen LogP contribution in [-0.2, 0) is 11.3 Å². The van der Waals surface area contributed by atoms with Gasteiger partial charge in [-0.15, -0.1) is 5.10 Å². The third kappa shape index (κ3) is 4.49. The van der Waals surface area contributed by atoms with Crippen LogP contribution in [-0.4, -0.2) is 32.5 Å². The van der Waals surface area contributed by atoms with Gasteiger partial charge < -0.3 is 5.32 Å². The predicted molar refractivity (Wildman–Crippen MR) is 115 cm³/mol. The van der Waals surface area contributed by atoms with Crippen molar-refractivity contribution >= 4 is 23.2 Å². The average molecular weight is 428 g/mol. The number of hydrogen-bond donors (Lipinski definition) is 1. The molecule has 0 atom stereocenters. The van der Waals surface area contributed by atoms with Crippen molar-refractivity contribution in [3.63, 3.8) is 0 Å². The molecule has 1 aromatic heterocycles. The number of nitrogens with one attached hydrogen (secondary N) is 1. The molecule has 8 heteroatoms. The van der Waals surface area contributed by atoms with Gasteiger partial charge in [-0.1, -0.05) is 71.9 Å². The zero-order chi connectivity index (χ0) is 22.5. The molecule has 0 bridgehead atoms. The molecule has 0 radical (unpaired) electrons. The number of amides is 1. The van der Waals surface area contributed by atoms with Crippen LogP contribution in [0.1, 0.15) is 32.1 Å². The standard InChI is InChI=1S/C24H17FN4O3/c25-18-12-7-13-19(14-18)26-20(30)15-29-22(24(32)17-10-5-2-6-11-17)21(27-28-29)23(31)16-8-3-1-4-9-16/h1-14H,15H2,(H,26,30). The lowest BCUT2D eigenvalue weighted by atomic mass is 10.0. The lowest BCUT2D eigenvalue weighted by Crippen LogP contribution is -2.23. The molecule has 0 unspecified atom stereocenters. The highest BCUT2D eigenvalue weighted by atomic mass is 19.1. The Hall–Kier alpha value is -4.46. The molecule has 0 aliphatic carbocycles. The number of nitrogens with zero attached hydrogens (tertiary/aromatic N) is 3. The Bertz CT molecular complexity index is 1290. The molecule has 4 aromatic rings. The first-order valence-electron chi connectivity index (χ1n) is 9.71. The summed E-state index contributed by atoms with van der Waals surface area (Å²) in [6.07, 6.45) is 0. The molecular formula is C24H17FN4O3. The van der Waals surface area contributed by atoms with Crippen molar-refractivity contribution < 1.29 is 18.8 Å². The van der Waals surface area contributed by atoms with E-state index in [9.17, 15) is 18.8 Å². The maximum atomic E-state index is 13.4. The first kappa shape index (κ1) is 20.8. The number of carbonyl (C=O) groups excluding carboxylic acids is 3. The van der Waals surface area contributed by atoms with Gasteiger partial charge in [0, 0.05) is 16.8 Å². The number of hydrogen-bond acceptors (Lipinski definition) is 5. The number of halogens is 1. The Morgan fingerprint density at radius 1 is 0.812 bits per heavy atom. The summed E-state index contributed by atoms with van der Waals surface area (Å²) in [7, 11) is 0. The molecule has 0 aliphatic rings. The van der Waals surface area contributed by atoms with E-state index in [0.29, 0.717) is 11.1 Å². The molecule has 158 valence electrons. The summed E-state index contributed by atoms with van der Waals surface area (Å²) in [5.74, 6) is -2.03. The lowest BCUT2D eigenvalue weighted by Gasteiger charge is -2.09. The van der Waals surface area contributed by atoms with Crippen LogP contribution in [0.2, 0.25) is 0 Å². The molecule has 1 amide bonds. The van der Waals surface area contributed by atoms with Gasteiger partial charge in [0.05, 0.1) is 0 Å². The molecule has 3 aromatic carbocycles. The van der Waals surface area contributed by atoms with E-state index in [0.717, 1.165) is 4.68 Å². The molecule has 4 rings (SSSR count). The van der Waals surface area contributed by atoms with Crippen LogP contribution in [0, 0.1) is 5.82 Å². The topological polar surface area (TPSA) is 93.9 Å². The summed E-state index contributed by atoms with van der Waals surface area (Å²) in [4.78, 5) is 38.8. The van der Waals surface area contributed by atoms with Gasteiger partial charge in [-0.3, -0.25) is 14.4 Å². The van der Waals surface area contributed by atoms with Crippen LogP contribution in [0.5, 0.6) is 0 Å². The van der Waals surface area contributed by atoms with Crippen LogP contribution in [0.25, 0.3) is 0 Å². The van der Waals surface area contributed by atoms with Crippen LogP contribution in [0.4, 0.5) is 10.1 Å². The van der Waals surface area contributed by atoms with Crippen molar-refractivity contribution in [2.75, 3.05) is 5.32 Å². The second-order valence-corrected chi connectivity index (χ2v) is 6.89. The molecule has 0 aliphatic heterocycles. The second kappa shape index (κ2) is 9.13. The second-order valence-electron chi connectivity index (χ2n) is 6.89. The van der Waals surface area contributed by atoms with E-state index in [1.54, 1.807) is 60.7 Å². The average Bonchev–Trinajstić information content (AvgIpc) is 3.22. The minimum absolute atomic E-state index is 0.0977. The third-order valence-corrected chi connectivity index (χ3v) is 4.64. The van der Waals surface area contributed by atoms with Gasteiger partial charge in [-0.2, -0.15) is 0 Å². The Morgan fingerprint density at radius 2 is 1.44 bits per heavy atom. The van der Waals surface area contributed by atoms with Crippen molar-refractivity contribution in [2.45, 2.75) is 6.54 Å². The van der Waals surface area contributed by atoms with Crippen molar-refractivity contribution in [1.29, 1.82) is 0 Å². The molecule has 0 fully saturated rings. The number of benzene rings is 3. The van der Waals surface area contributed by atoms with E-state index in [4.69, 9.17) is 0 Å². The largest absolute Gasteiger partial charge is 0.324 e. The zero-order valence-corrected chi connectivity index (χ0v) is 16.7. The minimum atomic E-state index is -0.554. The summed E-state index contributed by atoms with van der Waals surface area (Å²) in [5.41, 5.74) is 0.671. The summed E-state index contributed by atoms with van der Waals surface area (Å²) in [5, 5.41) is 10.4. The van der Waals surface area contributed by atoms with Crippen LogP contribution in [0.15, 0.2) is 84.9 Å². The fraction of sp³-hybridized carbons (Fsp3) is 0.0417. The van der Waals surface area contributed by atoms with E-state index in [1.165, 1.54) is 24.3 Å². The monoisotopic (exact) mass is 428 g/mol. The van der Waals surface area contributed by atoms with E-state index in [2.05, 4.69) is 15.6 Å². The molecule has 0 saturated heterocycles. The summed E-state index contributed by atoms with van der Waals surface area (Å²) in [6.45, 7) is -0.389. The highest BCUT2D eigenvalue weighted by Crippen LogP contribution is 2.17. The van der Waals surface area contributed by atoms with Gasteiger partial charge in [0.1, 0.15) is 18.1 Å². The summed E-state index contributed by atoms with van der Waals surface area (Å²) < 4.78 is 14.5. The van der Waals surface area contributed by atoms with Gasteiger partial charge in [-0.25, -0.2) is 9.07 Å². The Morgan fingerprint density at radius 3 is 2.06 bits per heavy atom. The SMILES string of the molecule is O=C(Cn1nnc(C(=O)c2ccccc2)c1C(=O)c1ccccc1)Nc1cccc(F)c1. The Balaban J connectivity index is 1.69. The van der Waals surface area contributed by atoms with E-state index in [1.807, 2.05) is 0 Å². The zero-order valence-electron chi connectivity index (χ0n) is 16.7. The normalized spacial score (nSPS) is 10.5. The molecule has 1 heterocycles. The van der Waals surface area contributed by atoms with Crippen molar-refractivity contribution in [1.82, 2.24) is 15.0 Å². The quantitative estimate of drug-likeness (QED) is 0.455. The number of aromatic nitrogens is 3. The maximum Gasteiger partial charge on any atom is 0.246 e. The number of ketones is 2. The van der Waals surface area contributed by atoms with Gasteiger partial charge in [0.25, 0.3) is 0 Å². The molecule has 0 spiro atoms. The fourth-order valence-corrected chi connectivity index (χ4v) is 3.16. The van der Waals surface area contributed by atoms with Gasteiger partial charge >= 0.3 is 0 Å². The maximum absolute atomic E-state index is 13.4. The van der Waals surface area contributed by atoms with Crippen LogP contribution < -0.4 is 5.32 Å². The molecular weight excluding hydrogens is 411 g/mol. The lowest BCUT2D eigenvalue weighted by molar-refractivity contribution is -0.116. The summed E-state index contributed by atoms with van der Waals surface area (Å²) >= 11 is 0. The summed E-state index contributed by atoms with van der Waals surface area (Å²) in [6, 6.07) is 22.1. The van der Waals surface area contributed by atoms with Crippen molar-refractivity contribution in [2.24, 2.45) is 0 Å². The fourth-order valence-electron chi connectivity index (χ4n) is 3.16. The van der Waals surface area contributed by atoms with Crippen molar-refractivity contribution in [3.8, 4) is 0 Å². The first-order chi connectivity index (χ1) is 15.5. The Labute approximate surface area is 182 Å². The van der Waals surface area contributed by atoms with Gasteiger partial charge in [0.2, 0.25) is 17.5 Å². The highest BCUT2D eigenvalue weighted by Gasteiger charge is 2.27. The number of rotatable bonds is 7. The third-order valence-electron chi connectivity index (χ3n) is 4.64.